The lowest BCUT2D eigenvalue weighted by Crippen LogP contribution is -2.37. The molecule has 1 atom stereocenters. The van der Waals surface area contributed by atoms with Crippen LogP contribution >= 0.6 is 24.8 Å². The SMILES string of the molecule is CC(CC(=O)NCCCCN1CCOCC1)C1CCNCC1.Cl.Cl. The van der Waals surface area contributed by atoms with E-state index in [1.807, 2.05) is 0 Å². The Morgan fingerprint density at radius 1 is 1.21 bits per heavy atom. The molecule has 1 unspecified atom stereocenters. The summed E-state index contributed by atoms with van der Waals surface area (Å²) in [6.07, 6.45) is 5.35. The minimum absolute atomic E-state index is 0. The molecular weight excluding hydrogens is 349 g/mol. The number of hydrogen-bond acceptors (Lipinski definition) is 4. The van der Waals surface area contributed by atoms with Crippen LogP contribution in [0.15, 0.2) is 0 Å². The second kappa shape index (κ2) is 14.1. The summed E-state index contributed by atoms with van der Waals surface area (Å²) in [6, 6.07) is 0. The number of morpholine rings is 1. The molecule has 2 saturated heterocycles. The zero-order valence-electron chi connectivity index (χ0n) is 14.9. The fraction of sp³-hybridized carbons (Fsp3) is 0.941. The molecule has 24 heavy (non-hydrogen) atoms. The number of amides is 1. The lowest BCUT2D eigenvalue weighted by molar-refractivity contribution is -0.122. The van der Waals surface area contributed by atoms with Crippen LogP contribution in [-0.4, -0.2) is 63.3 Å². The van der Waals surface area contributed by atoms with E-state index in [4.69, 9.17) is 4.74 Å². The molecule has 2 aliphatic heterocycles. The molecule has 5 nitrogen and oxygen atoms in total. The molecule has 0 radical (unpaired) electrons. The maximum absolute atomic E-state index is 12.0. The summed E-state index contributed by atoms with van der Waals surface area (Å²) in [7, 11) is 0. The van der Waals surface area contributed by atoms with Crippen molar-refractivity contribution in [3.8, 4) is 0 Å². The third-order valence-corrected chi connectivity index (χ3v) is 5.02. The summed E-state index contributed by atoms with van der Waals surface area (Å²) in [4.78, 5) is 14.5. The van der Waals surface area contributed by atoms with Gasteiger partial charge in [0.05, 0.1) is 13.2 Å². The van der Waals surface area contributed by atoms with Gasteiger partial charge in [-0.2, -0.15) is 0 Å². The third-order valence-electron chi connectivity index (χ3n) is 5.02. The number of carbonyl (C=O) groups excluding carboxylic acids is 1. The molecule has 0 aromatic heterocycles. The van der Waals surface area contributed by atoms with E-state index >= 15 is 0 Å². The number of rotatable bonds is 8. The average Bonchev–Trinajstić information content (AvgIpc) is 2.56. The third kappa shape index (κ3) is 9.42. The lowest BCUT2D eigenvalue weighted by atomic mass is 9.84. The summed E-state index contributed by atoms with van der Waals surface area (Å²) >= 11 is 0. The predicted molar refractivity (Wildman–Crippen MR) is 103 cm³/mol. The number of carbonyl (C=O) groups is 1. The molecule has 0 aliphatic carbocycles. The van der Waals surface area contributed by atoms with Crippen LogP contribution in [0.3, 0.4) is 0 Å². The first-order chi connectivity index (χ1) is 10.8. The Morgan fingerprint density at radius 3 is 2.54 bits per heavy atom. The summed E-state index contributed by atoms with van der Waals surface area (Å²) in [5, 5.41) is 6.48. The van der Waals surface area contributed by atoms with Crippen molar-refractivity contribution in [3.05, 3.63) is 0 Å². The van der Waals surface area contributed by atoms with Crippen LogP contribution in [0.4, 0.5) is 0 Å². The van der Waals surface area contributed by atoms with E-state index in [1.165, 1.54) is 12.8 Å². The monoisotopic (exact) mass is 383 g/mol. The van der Waals surface area contributed by atoms with E-state index in [0.717, 1.165) is 65.3 Å². The van der Waals surface area contributed by atoms with Crippen molar-refractivity contribution in [2.45, 2.75) is 39.0 Å². The normalized spacial score (nSPS) is 20.5. The van der Waals surface area contributed by atoms with Gasteiger partial charge in [-0.15, -0.1) is 24.8 Å². The van der Waals surface area contributed by atoms with Gasteiger partial charge in [-0.25, -0.2) is 0 Å². The number of hydrogen-bond donors (Lipinski definition) is 2. The maximum atomic E-state index is 12.0. The first-order valence-corrected chi connectivity index (χ1v) is 9.03. The van der Waals surface area contributed by atoms with Crippen molar-refractivity contribution < 1.29 is 9.53 Å². The van der Waals surface area contributed by atoms with E-state index in [2.05, 4.69) is 22.5 Å². The van der Waals surface area contributed by atoms with Crippen LogP contribution in [0.25, 0.3) is 0 Å². The van der Waals surface area contributed by atoms with Gasteiger partial charge in [0.15, 0.2) is 0 Å². The van der Waals surface area contributed by atoms with E-state index in [0.29, 0.717) is 18.3 Å². The van der Waals surface area contributed by atoms with E-state index in [9.17, 15) is 4.79 Å². The van der Waals surface area contributed by atoms with Gasteiger partial charge in [-0.1, -0.05) is 6.92 Å². The molecule has 2 rings (SSSR count). The summed E-state index contributed by atoms with van der Waals surface area (Å²) in [6.45, 7) is 10.2. The molecular formula is C17H35Cl2N3O2. The van der Waals surface area contributed by atoms with Crippen LogP contribution in [0.2, 0.25) is 0 Å². The number of nitrogens with zero attached hydrogens (tertiary/aromatic N) is 1. The Bertz CT molecular complexity index is 323. The standard InChI is InChI=1S/C17H33N3O2.2ClH/c1-15(16-4-7-18-8-5-16)14-17(21)19-6-2-3-9-20-10-12-22-13-11-20;;/h15-16,18H,2-14H2,1H3,(H,19,21);2*1H. The highest BCUT2D eigenvalue weighted by Crippen LogP contribution is 2.24. The first-order valence-electron chi connectivity index (χ1n) is 9.03. The van der Waals surface area contributed by atoms with E-state index in [-0.39, 0.29) is 30.7 Å². The van der Waals surface area contributed by atoms with Gasteiger partial charge in [0.2, 0.25) is 5.91 Å². The number of ether oxygens (including phenoxy) is 1. The van der Waals surface area contributed by atoms with Crippen molar-refractivity contribution in [1.29, 1.82) is 0 Å². The Kier molecular flexibility index (Phi) is 14.1. The molecule has 7 heteroatoms. The molecule has 1 amide bonds. The number of nitrogens with one attached hydrogen (secondary N) is 2. The molecule has 0 bridgehead atoms. The van der Waals surface area contributed by atoms with Crippen LogP contribution in [-0.2, 0) is 9.53 Å². The second-order valence-electron chi connectivity index (χ2n) is 6.78. The van der Waals surface area contributed by atoms with Crippen LogP contribution in [0, 0.1) is 11.8 Å². The Morgan fingerprint density at radius 2 is 1.88 bits per heavy atom. The van der Waals surface area contributed by atoms with Crippen molar-refractivity contribution in [2.24, 2.45) is 11.8 Å². The zero-order chi connectivity index (χ0) is 15.6. The smallest absolute Gasteiger partial charge is 0.220 e. The molecule has 144 valence electrons. The maximum Gasteiger partial charge on any atom is 0.220 e. The molecule has 2 heterocycles. The fourth-order valence-corrected chi connectivity index (χ4v) is 3.46. The Hall–Kier alpha value is -0.0700. The lowest BCUT2D eigenvalue weighted by Gasteiger charge is -2.28. The number of halogens is 2. The van der Waals surface area contributed by atoms with Gasteiger partial charge in [-0.3, -0.25) is 9.69 Å². The number of unbranched alkanes of at least 4 members (excludes halogenated alkanes) is 1. The Labute approximate surface area is 159 Å². The summed E-state index contributed by atoms with van der Waals surface area (Å²) < 4.78 is 5.34. The molecule has 0 aromatic carbocycles. The zero-order valence-corrected chi connectivity index (χ0v) is 16.6. The fourth-order valence-electron chi connectivity index (χ4n) is 3.46. The van der Waals surface area contributed by atoms with E-state index < -0.39 is 0 Å². The highest BCUT2D eigenvalue weighted by Gasteiger charge is 2.21. The first kappa shape index (κ1) is 23.9. The average molecular weight is 384 g/mol. The molecule has 0 aromatic rings. The largest absolute Gasteiger partial charge is 0.379 e. The minimum Gasteiger partial charge on any atom is -0.379 e. The molecule has 2 N–H and O–H groups in total. The minimum atomic E-state index is 0. The van der Waals surface area contributed by atoms with Gasteiger partial charge >= 0.3 is 0 Å². The second-order valence-corrected chi connectivity index (χ2v) is 6.78. The van der Waals surface area contributed by atoms with Crippen LogP contribution in [0.1, 0.15) is 39.0 Å². The van der Waals surface area contributed by atoms with Gasteiger partial charge < -0.3 is 15.4 Å². The van der Waals surface area contributed by atoms with Gasteiger partial charge in [0.25, 0.3) is 0 Å². The molecule has 2 aliphatic rings. The van der Waals surface area contributed by atoms with Crippen molar-refractivity contribution >= 4 is 30.7 Å². The van der Waals surface area contributed by atoms with E-state index in [1.54, 1.807) is 0 Å². The summed E-state index contributed by atoms with van der Waals surface area (Å²) in [5.41, 5.74) is 0. The van der Waals surface area contributed by atoms with Crippen molar-refractivity contribution in [3.63, 3.8) is 0 Å². The number of piperidine rings is 1. The molecule has 2 fully saturated rings. The quantitative estimate of drug-likeness (QED) is 0.630. The highest BCUT2D eigenvalue weighted by molar-refractivity contribution is 5.85. The topological polar surface area (TPSA) is 53.6 Å². The van der Waals surface area contributed by atoms with Crippen LogP contribution in [0.5, 0.6) is 0 Å². The molecule has 0 spiro atoms. The van der Waals surface area contributed by atoms with Gasteiger partial charge in [-0.05, 0) is 57.2 Å². The molecule has 0 saturated carbocycles. The Balaban J connectivity index is 0.00000264. The van der Waals surface area contributed by atoms with Crippen molar-refractivity contribution in [1.82, 2.24) is 15.5 Å². The summed E-state index contributed by atoms with van der Waals surface area (Å²) in [5.74, 6) is 1.46. The van der Waals surface area contributed by atoms with Crippen molar-refractivity contribution in [2.75, 3.05) is 52.5 Å². The van der Waals surface area contributed by atoms with Crippen LogP contribution < -0.4 is 10.6 Å². The van der Waals surface area contributed by atoms with Gasteiger partial charge in [0, 0.05) is 26.1 Å². The highest BCUT2D eigenvalue weighted by atomic mass is 35.5. The predicted octanol–water partition coefficient (Wildman–Crippen LogP) is 2.08. The van der Waals surface area contributed by atoms with Gasteiger partial charge in [0.1, 0.15) is 0 Å².